The summed E-state index contributed by atoms with van der Waals surface area (Å²) in [5.74, 6) is 2.20. The van der Waals surface area contributed by atoms with E-state index in [1.165, 1.54) is 18.2 Å². The molecule has 1 atom stereocenters. The summed E-state index contributed by atoms with van der Waals surface area (Å²) in [6.45, 7) is 5.63. The summed E-state index contributed by atoms with van der Waals surface area (Å²) in [6, 6.07) is 12.3. The Hall–Kier alpha value is -2.54. The number of rotatable bonds is 7. The van der Waals surface area contributed by atoms with E-state index in [2.05, 4.69) is 41.1 Å². The molecule has 0 spiro atoms. The van der Waals surface area contributed by atoms with Gasteiger partial charge in [-0.05, 0) is 50.3 Å². The second-order valence-corrected chi connectivity index (χ2v) is 8.66. The van der Waals surface area contributed by atoms with Crippen molar-refractivity contribution in [3.8, 4) is 11.4 Å². The minimum absolute atomic E-state index is 0.191. The number of piperidine rings is 1. The van der Waals surface area contributed by atoms with Gasteiger partial charge in [-0.25, -0.2) is 0 Å². The smallest absolute Gasteiger partial charge is 0.233 e. The highest BCUT2D eigenvalue weighted by Crippen LogP contribution is 2.28. The number of benzene rings is 1. The van der Waals surface area contributed by atoms with E-state index >= 15 is 0 Å². The van der Waals surface area contributed by atoms with Crippen molar-refractivity contribution in [3.05, 3.63) is 54.0 Å². The minimum atomic E-state index is 0.191. The first kappa shape index (κ1) is 20.7. The van der Waals surface area contributed by atoms with Crippen LogP contribution in [0.15, 0.2) is 52.2 Å². The lowest BCUT2D eigenvalue weighted by Gasteiger charge is -2.35. The van der Waals surface area contributed by atoms with Crippen LogP contribution < -0.4 is 0 Å². The lowest BCUT2D eigenvalue weighted by Crippen LogP contribution is -2.44. The highest BCUT2D eigenvalue weighted by Gasteiger charge is 2.26. The predicted octanol–water partition coefficient (Wildman–Crippen LogP) is 4.78. The molecule has 3 heterocycles. The molecule has 1 aromatic carbocycles. The first-order valence-corrected chi connectivity index (χ1v) is 11.6. The molecule has 1 aliphatic rings. The molecule has 6 nitrogen and oxygen atoms in total. The molecule has 30 heavy (non-hydrogen) atoms. The molecule has 1 saturated heterocycles. The van der Waals surface area contributed by atoms with Crippen LogP contribution in [0.25, 0.3) is 11.4 Å². The van der Waals surface area contributed by atoms with Crippen LogP contribution in [-0.4, -0.2) is 43.9 Å². The Labute approximate surface area is 181 Å². The highest BCUT2D eigenvalue weighted by atomic mass is 32.2. The second kappa shape index (κ2) is 9.51. The maximum absolute atomic E-state index is 12.9. The van der Waals surface area contributed by atoms with Gasteiger partial charge in [0.05, 0.1) is 18.6 Å². The van der Waals surface area contributed by atoms with E-state index in [-0.39, 0.29) is 5.91 Å². The molecular formula is C23H28N4O2S. The molecule has 3 aromatic rings. The molecule has 1 unspecified atom stereocenters. The number of thioether (sulfide) groups is 1. The molecule has 2 aromatic heterocycles. The fraction of sp³-hybridized carbons (Fsp3) is 0.435. The highest BCUT2D eigenvalue weighted by molar-refractivity contribution is 7.99. The normalized spacial score (nSPS) is 16.7. The average Bonchev–Trinajstić information content (AvgIpc) is 3.43. The summed E-state index contributed by atoms with van der Waals surface area (Å²) in [5.41, 5.74) is 2.18. The fourth-order valence-electron chi connectivity index (χ4n) is 4.08. The van der Waals surface area contributed by atoms with Gasteiger partial charge in [0.15, 0.2) is 11.0 Å². The van der Waals surface area contributed by atoms with E-state index in [0.29, 0.717) is 18.3 Å². The molecular weight excluding hydrogens is 396 g/mol. The maximum Gasteiger partial charge on any atom is 0.233 e. The van der Waals surface area contributed by atoms with Crippen LogP contribution in [-0.2, 0) is 11.3 Å². The summed E-state index contributed by atoms with van der Waals surface area (Å²) >= 11 is 1.46. The van der Waals surface area contributed by atoms with Crippen LogP contribution in [0.2, 0.25) is 0 Å². The zero-order chi connectivity index (χ0) is 20.9. The number of carbonyl (C=O) groups excluding carboxylic acids is 1. The quantitative estimate of drug-likeness (QED) is 0.511. The van der Waals surface area contributed by atoms with Crippen LogP contribution in [0, 0.1) is 6.92 Å². The van der Waals surface area contributed by atoms with E-state index < -0.39 is 0 Å². The lowest BCUT2D eigenvalue weighted by atomic mass is 10.0. The molecule has 158 valence electrons. The van der Waals surface area contributed by atoms with Crippen molar-refractivity contribution in [2.24, 2.45) is 0 Å². The third kappa shape index (κ3) is 4.46. The van der Waals surface area contributed by atoms with Gasteiger partial charge in [0, 0.05) is 18.2 Å². The van der Waals surface area contributed by atoms with Gasteiger partial charge >= 0.3 is 0 Å². The van der Waals surface area contributed by atoms with Crippen molar-refractivity contribution in [3.63, 3.8) is 0 Å². The number of likely N-dealkylation sites (tertiary alicyclic amines) is 1. The lowest BCUT2D eigenvalue weighted by molar-refractivity contribution is -0.132. The van der Waals surface area contributed by atoms with Gasteiger partial charge < -0.3 is 9.32 Å². The Bertz CT molecular complexity index is 983. The standard InChI is InChI=1S/C23H28N4O2S/c1-3-18-10-6-7-13-26(18)21(28)16-30-23-25-24-22(20-12-5-4-9-17(20)2)27(23)15-19-11-8-14-29-19/h4-5,8-9,11-12,14,18H,3,6-7,10,13,15-16H2,1-2H3. The van der Waals surface area contributed by atoms with E-state index in [4.69, 9.17) is 4.42 Å². The summed E-state index contributed by atoms with van der Waals surface area (Å²) in [4.78, 5) is 15.0. The summed E-state index contributed by atoms with van der Waals surface area (Å²) in [5, 5.41) is 9.65. The van der Waals surface area contributed by atoms with E-state index in [0.717, 1.165) is 53.7 Å². The number of hydrogen-bond donors (Lipinski definition) is 0. The van der Waals surface area contributed by atoms with E-state index in [1.807, 2.05) is 28.8 Å². The van der Waals surface area contributed by atoms with Crippen LogP contribution in [0.4, 0.5) is 0 Å². The maximum atomic E-state index is 12.9. The summed E-state index contributed by atoms with van der Waals surface area (Å²) in [6.07, 6.45) is 6.11. The van der Waals surface area contributed by atoms with Crippen molar-refractivity contribution >= 4 is 17.7 Å². The predicted molar refractivity (Wildman–Crippen MR) is 118 cm³/mol. The SMILES string of the molecule is CCC1CCCCN1C(=O)CSc1nnc(-c2ccccc2C)n1Cc1ccco1. The third-order valence-electron chi connectivity index (χ3n) is 5.74. The van der Waals surface area contributed by atoms with Gasteiger partial charge in [-0.1, -0.05) is 43.0 Å². The van der Waals surface area contributed by atoms with Crippen molar-refractivity contribution in [1.82, 2.24) is 19.7 Å². The number of furan rings is 1. The zero-order valence-corrected chi connectivity index (χ0v) is 18.4. The molecule has 7 heteroatoms. The fourth-order valence-corrected chi connectivity index (χ4v) is 4.91. The molecule has 0 radical (unpaired) electrons. The topological polar surface area (TPSA) is 64.2 Å². The van der Waals surface area contributed by atoms with Crippen LogP contribution in [0.1, 0.15) is 43.9 Å². The third-order valence-corrected chi connectivity index (χ3v) is 6.69. The van der Waals surface area contributed by atoms with Crippen LogP contribution >= 0.6 is 11.8 Å². The first-order valence-electron chi connectivity index (χ1n) is 10.6. The molecule has 0 N–H and O–H groups in total. The summed E-state index contributed by atoms with van der Waals surface area (Å²) < 4.78 is 7.62. The Morgan fingerprint density at radius 2 is 2.07 bits per heavy atom. The molecule has 1 fully saturated rings. The van der Waals surface area contributed by atoms with Crippen molar-refractivity contribution < 1.29 is 9.21 Å². The van der Waals surface area contributed by atoms with Gasteiger partial charge in [0.2, 0.25) is 5.91 Å². The van der Waals surface area contributed by atoms with Crippen LogP contribution in [0.5, 0.6) is 0 Å². The Kier molecular flexibility index (Phi) is 6.57. The second-order valence-electron chi connectivity index (χ2n) is 7.72. The van der Waals surface area contributed by atoms with Crippen molar-refractivity contribution in [2.45, 2.75) is 57.3 Å². The molecule has 4 rings (SSSR count). The number of amides is 1. The molecule has 0 saturated carbocycles. The molecule has 1 aliphatic heterocycles. The van der Waals surface area contributed by atoms with Gasteiger partial charge in [0.1, 0.15) is 5.76 Å². The number of carbonyl (C=O) groups is 1. The Balaban J connectivity index is 1.57. The van der Waals surface area contributed by atoms with Gasteiger partial charge in [-0.15, -0.1) is 10.2 Å². The van der Waals surface area contributed by atoms with Crippen molar-refractivity contribution in [2.75, 3.05) is 12.3 Å². The van der Waals surface area contributed by atoms with Gasteiger partial charge in [0.25, 0.3) is 0 Å². The van der Waals surface area contributed by atoms with Crippen LogP contribution in [0.3, 0.4) is 0 Å². The van der Waals surface area contributed by atoms with Crippen molar-refractivity contribution in [1.29, 1.82) is 0 Å². The number of aryl methyl sites for hydroxylation is 1. The summed E-state index contributed by atoms with van der Waals surface area (Å²) in [7, 11) is 0. The average molecular weight is 425 g/mol. The number of nitrogens with zero attached hydrogens (tertiary/aromatic N) is 4. The first-order chi connectivity index (χ1) is 14.7. The van der Waals surface area contributed by atoms with E-state index in [1.54, 1.807) is 6.26 Å². The van der Waals surface area contributed by atoms with Gasteiger partial charge in [-0.3, -0.25) is 9.36 Å². The zero-order valence-electron chi connectivity index (χ0n) is 17.6. The monoisotopic (exact) mass is 424 g/mol. The number of hydrogen-bond acceptors (Lipinski definition) is 5. The van der Waals surface area contributed by atoms with Gasteiger partial charge in [-0.2, -0.15) is 0 Å². The Morgan fingerprint density at radius 3 is 2.83 bits per heavy atom. The Morgan fingerprint density at radius 1 is 1.20 bits per heavy atom. The number of aromatic nitrogens is 3. The molecule has 0 aliphatic carbocycles. The minimum Gasteiger partial charge on any atom is -0.467 e. The van der Waals surface area contributed by atoms with E-state index in [9.17, 15) is 4.79 Å². The molecule has 1 amide bonds. The largest absolute Gasteiger partial charge is 0.467 e. The molecule has 0 bridgehead atoms.